The van der Waals surface area contributed by atoms with E-state index >= 15 is 0 Å². The molecule has 8 heteroatoms. The Hall–Kier alpha value is -2.22. The minimum absolute atomic E-state index is 0.0662. The summed E-state index contributed by atoms with van der Waals surface area (Å²) in [7, 11) is -1.09. The molecule has 1 N–H and O–H groups in total. The molecule has 0 radical (unpaired) electrons. The monoisotopic (exact) mass is 333 g/mol. The zero-order valence-corrected chi connectivity index (χ0v) is 13.9. The number of rotatable bonds is 4. The molecule has 0 aliphatic carbocycles. The number of anilines is 3. The molecule has 1 unspecified atom stereocenters. The van der Waals surface area contributed by atoms with Crippen LogP contribution >= 0.6 is 0 Å². The maximum Gasteiger partial charge on any atom is 0.249 e. The van der Waals surface area contributed by atoms with E-state index < -0.39 is 9.84 Å². The van der Waals surface area contributed by atoms with Crippen LogP contribution in [0, 0.1) is 6.92 Å². The van der Waals surface area contributed by atoms with Crippen LogP contribution in [0.5, 0.6) is 0 Å². The van der Waals surface area contributed by atoms with Crippen molar-refractivity contribution in [3.63, 3.8) is 0 Å². The summed E-state index contributed by atoms with van der Waals surface area (Å²) in [5.74, 6) is 1.39. The van der Waals surface area contributed by atoms with E-state index in [0.717, 1.165) is 11.3 Å². The van der Waals surface area contributed by atoms with Crippen LogP contribution in [-0.2, 0) is 9.84 Å². The fourth-order valence-electron chi connectivity index (χ4n) is 2.64. The normalized spacial score (nSPS) is 19.5. The number of benzene rings is 1. The van der Waals surface area contributed by atoms with Gasteiger partial charge in [-0.15, -0.1) is 5.10 Å². The Labute approximate surface area is 135 Å². The number of hydrogen-bond donors (Lipinski definition) is 1. The van der Waals surface area contributed by atoms with Crippen molar-refractivity contribution in [3.05, 3.63) is 36.0 Å². The molecule has 0 bridgehead atoms. The van der Waals surface area contributed by atoms with Crippen molar-refractivity contribution in [1.29, 1.82) is 0 Å². The lowest BCUT2D eigenvalue weighted by atomic mass is 10.2. The van der Waals surface area contributed by atoms with Gasteiger partial charge in [0.1, 0.15) is 0 Å². The molecule has 1 aliphatic heterocycles. The molecule has 3 rings (SSSR count). The molecule has 1 aliphatic rings. The molecule has 23 heavy (non-hydrogen) atoms. The predicted octanol–water partition coefficient (Wildman–Crippen LogP) is 1.55. The van der Waals surface area contributed by atoms with Crippen LogP contribution in [0.4, 0.5) is 17.5 Å². The van der Waals surface area contributed by atoms with Gasteiger partial charge in [0.05, 0.1) is 17.7 Å². The van der Waals surface area contributed by atoms with E-state index in [4.69, 9.17) is 0 Å². The number of nitrogens with one attached hydrogen (secondary N) is 1. The molecule has 0 saturated carbocycles. The highest BCUT2D eigenvalue weighted by Crippen LogP contribution is 2.22. The van der Waals surface area contributed by atoms with Crippen LogP contribution in [0.1, 0.15) is 12.0 Å². The van der Waals surface area contributed by atoms with E-state index in [-0.39, 0.29) is 17.5 Å². The molecule has 122 valence electrons. The number of aryl methyl sites for hydroxylation is 1. The topological polar surface area (TPSA) is 88.1 Å². The van der Waals surface area contributed by atoms with E-state index in [1.54, 1.807) is 6.20 Å². The Morgan fingerprint density at radius 2 is 2.17 bits per heavy atom. The standard InChI is InChI=1S/C15H19N5O2S/c1-11-4-3-5-12(8-11)17-15-18-14(9-16-19-15)20(2)13-6-7-23(21,22)10-13/h3-5,8-9,13H,6-7,10H2,1-2H3,(H,17,18,19). The summed E-state index contributed by atoms with van der Waals surface area (Å²) in [6, 6.07) is 7.81. The highest BCUT2D eigenvalue weighted by molar-refractivity contribution is 7.91. The molecule has 0 spiro atoms. The zero-order chi connectivity index (χ0) is 16.4. The van der Waals surface area contributed by atoms with Crippen LogP contribution in [-0.4, -0.2) is 48.2 Å². The van der Waals surface area contributed by atoms with E-state index in [9.17, 15) is 8.42 Å². The molecule has 0 amide bonds. The fourth-order valence-corrected chi connectivity index (χ4v) is 4.41. The van der Waals surface area contributed by atoms with Gasteiger partial charge < -0.3 is 10.2 Å². The highest BCUT2D eigenvalue weighted by atomic mass is 32.2. The van der Waals surface area contributed by atoms with Gasteiger partial charge in [0.2, 0.25) is 5.95 Å². The Bertz CT molecular complexity index is 809. The van der Waals surface area contributed by atoms with Gasteiger partial charge in [-0.1, -0.05) is 12.1 Å². The van der Waals surface area contributed by atoms with Gasteiger partial charge in [0, 0.05) is 18.8 Å². The van der Waals surface area contributed by atoms with Gasteiger partial charge in [0.15, 0.2) is 15.7 Å². The second-order valence-electron chi connectivity index (χ2n) is 5.80. The average Bonchev–Trinajstić information content (AvgIpc) is 2.87. The first-order chi connectivity index (χ1) is 10.9. The summed E-state index contributed by atoms with van der Waals surface area (Å²) in [6.07, 6.45) is 2.16. The first kappa shape index (κ1) is 15.7. The molecule has 1 fully saturated rings. The predicted molar refractivity (Wildman–Crippen MR) is 89.8 cm³/mol. The molecular formula is C15H19N5O2S. The van der Waals surface area contributed by atoms with Crippen molar-refractivity contribution < 1.29 is 8.42 Å². The summed E-state index contributed by atoms with van der Waals surface area (Å²) in [6.45, 7) is 2.01. The van der Waals surface area contributed by atoms with Crippen LogP contribution < -0.4 is 10.2 Å². The number of aromatic nitrogens is 3. The summed E-state index contributed by atoms with van der Waals surface area (Å²) >= 11 is 0. The largest absolute Gasteiger partial charge is 0.354 e. The van der Waals surface area contributed by atoms with Crippen molar-refractivity contribution in [1.82, 2.24) is 15.2 Å². The van der Waals surface area contributed by atoms with E-state index in [0.29, 0.717) is 18.2 Å². The maximum absolute atomic E-state index is 11.6. The average molecular weight is 333 g/mol. The zero-order valence-electron chi connectivity index (χ0n) is 13.1. The van der Waals surface area contributed by atoms with Crippen LogP contribution in [0.15, 0.2) is 30.5 Å². The second kappa shape index (κ2) is 6.11. The smallest absolute Gasteiger partial charge is 0.249 e. The summed E-state index contributed by atoms with van der Waals surface area (Å²) in [4.78, 5) is 6.30. The Balaban J connectivity index is 1.77. The molecule has 2 heterocycles. The number of sulfone groups is 1. The number of nitrogens with zero attached hydrogens (tertiary/aromatic N) is 4. The van der Waals surface area contributed by atoms with Gasteiger partial charge in [-0.2, -0.15) is 10.1 Å². The third-order valence-electron chi connectivity index (χ3n) is 3.94. The molecule has 1 aromatic heterocycles. The first-order valence-corrected chi connectivity index (χ1v) is 9.22. The quantitative estimate of drug-likeness (QED) is 0.908. The lowest BCUT2D eigenvalue weighted by Crippen LogP contribution is -2.33. The SMILES string of the molecule is Cc1cccc(Nc2nncc(N(C)C3CCS(=O)(=O)C3)n2)c1. The molecule has 2 aromatic rings. The van der Waals surface area contributed by atoms with Gasteiger partial charge in [-0.25, -0.2) is 8.42 Å². The van der Waals surface area contributed by atoms with Crippen molar-refractivity contribution in [2.24, 2.45) is 0 Å². The van der Waals surface area contributed by atoms with Crippen LogP contribution in [0.2, 0.25) is 0 Å². The fraction of sp³-hybridized carbons (Fsp3) is 0.400. The molecular weight excluding hydrogens is 314 g/mol. The van der Waals surface area contributed by atoms with Crippen LogP contribution in [0.3, 0.4) is 0 Å². The van der Waals surface area contributed by atoms with Crippen molar-refractivity contribution in [2.75, 3.05) is 28.8 Å². The lowest BCUT2D eigenvalue weighted by molar-refractivity contribution is 0.600. The first-order valence-electron chi connectivity index (χ1n) is 7.40. The van der Waals surface area contributed by atoms with E-state index in [1.807, 2.05) is 43.1 Å². The molecule has 1 saturated heterocycles. The van der Waals surface area contributed by atoms with Crippen molar-refractivity contribution >= 4 is 27.3 Å². The Kier molecular flexibility index (Phi) is 4.16. The summed E-state index contributed by atoms with van der Waals surface area (Å²) < 4.78 is 23.3. The second-order valence-corrected chi connectivity index (χ2v) is 8.03. The van der Waals surface area contributed by atoms with Gasteiger partial charge in [-0.05, 0) is 31.0 Å². The molecule has 1 atom stereocenters. The molecule has 7 nitrogen and oxygen atoms in total. The maximum atomic E-state index is 11.6. The van der Waals surface area contributed by atoms with E-state index in [2.05, 4.69) is 20.5 Å². The van der Waals surface area contributed by atoms with Gasteiger partial charge in [-0.3, -0.25) is 0 Å². The third kappa shape index (κ3) is 3.76. The minimum atomic E-state index is -2.93. The number of hydrogen-bond acceptors (Lipinski definition) is 7. The minimum Gasteiger partial charge on any atom is -0.354 e. The van der Waals surface area contributed by atoms with Crippen molar-refractivity contribution in [2.45, 2.75) is 19.4 Å². The summed E-state index contributed by atoms with van der Waals surface area (Å²) in [5.41, 5.74) is 2.02. The third-order valence-corrected chi connectivity index (χ3v) is 5.69. The van der Waals surface area contributed by atoms with Crippen LogP contribution in [0.25, 0.3) is 0 Å². The lowest BCUT2D eigenvalue weighted by Gasteiger charge is -2.24. The highest BCUT2D eigenvalue weighted by Gasteiger charge is 2.31. The van der Waals surface area contributed by atoms with Gasteiger partial charge >= 0.3 is 0 Å². The Morgan fingerprint density at radius 1 is 1.35 bits per heavy atom. The molecule has 1 aromatic carbocycles. The summed E-state index contributed by atoms with van der Waals surface area (Å²) in [5, 5.41) is 11.1. The Morgan fingerprint density at radius 3 is 2.87 bits per heavy atom. The van der Waals surface area contributed by atoms with E-state index in [1.165, 1.54) is 0 Å². The van der Waals surface area contributed by atoms with Crippen molar-refractivity contribution in [3.8, 4) is 0 Å². The van der Waals surface area contributed by atoms with Gasteiger partial charge in [0.25, 0.3) is 0 Å².